The number of nitrogens with one attached hydrogen (secondary N) is 1. The number of rotatable bonds is 6. The number of benzene rings is 3. The molecule has 0 atom stereocenters. The maximum atomic E-state index is 10.8. The number of nitro groups is 1. The molecule has 6 heteroatoms. The van der Waals surface area contributed by atoms with Crippen LogP contribution in [0.5, 0.6) is 11.5 Å². The monoisotopic (exact) mass is 361 g/mol. The van der Waals surface area contributed by atoms with E-state index in [4.69, 9.17) is 4.74 Å². The fraction of sp³-hybridized carbons (Fsp3) is 0.0952. The molecule has 0 aliphatic heterocycles. The predicted molar refractivity (Wildman–Crippen MR) is 107 cm³/mol. The fourth-order valence-corrected chi connectivity index (χ4v) is 2.62. The zero-order valence-corrected chi connectivity index (χ0v) is 15.0. The molecule has 0 heterocycles. The molecule has 0 bridgehead atoms. The maximum Gasteiger partial charge on any atom is 0.271 e. The van der Waals surface area contributed by atoms with Crippen LogP contribution in [0.15, 0.2) is 71.8 Å². The molecule has 0 fully saturated rings. The van der Waals surface area contributed by atoms with Crippen molar-refractivity contribution in [3.05, 3.63) is 93.5 Å². The summed E-state index contributed by atoms with van der Waals surface area (Å²) in [6.07, 6.45) is 1.64. The Hall–Kier alpha value is -3.67. The average Bonchev–Trinajstić information content (AvgIpc) is 2.62. The van der Waals surface area contributed by atoms with Crippen molar-refractivity contribution in [2.75, 3.05) is 5.43 Å². The molecule has 0 aliphatic rings. The standard InChI is InChI=1S/C21H19N3O3/c1-15-10-16(2)12-21(11-15)27-20-8-6-17(7-9-20)14-22-23-18-4-3-5-19(13-18)24(25)26/h3-14,23H,1-2H3. The zero-order chi connectivity index (χ0) is 19.2. The molecule has 27 heavy (non-hydrogen) atoms. The van der Waals surface area contributed by atoms with Gasteiger partial charge in [0.05, 0.1) is 16.8 Å². The molecule has 3 rings (SSSR count). The first-order chi connectivity index (χ1) is 13.0. The van der Waals surface area contributed by atoms with Gasteiger partial charge in [0, 0.05) is 12.1 Å². The van der Waals surface area contributed by atoms with Gasteiger partial charge < -0.3 is 4.74 Å². The van der Waals surface area contributed by atoms with Crippen LogP contribution in [0, 0.1) is 24.0 Å². The van der Waals surface area contributed by atoms with Crippen molar-refractivity contribution in [2.24, 2.45) is 5.10 Å². The van der Waals surface area contributed by atoms with Gasteiger partial charge in [-0.05, 0) is 73.0 Å². The minimum atomic E-state index is -0.441. The molecule has 136 valence electrons. The van der Waals surface area contributed by atoms with Crippen LogP contribution < -0.4 is 10.2 Å². The van der Waals surface area contributed by atoms with Gasteiger partial charge in [-0.2, -0.15) is 5.10 Å². The number of non-ortho nitro benzene ring substituents is 1. The summed E-state index contributed by atoms with van der Waals surface area (Å²) in [7, 11) is 0. The Balaban J connectivity index is 1.62. The number of aryl methyl sites for hydroxylation is 2. The van der Waals surface area contributed by atoms with Crippen LogP contribution in [0.3, 0.4) is 0 Å². The van der Waals surface area contributed by atoms with Gasteiger partial charge in [0.25, 0.3) is 5.69 Å². The molecule has 0 aromatic heterocycles. The van der Waals surface area contributed by atoms with Gasteiger partial charge in [0.15, 0.2) is 0 Å². The van der Waals surface area contributed by atoms with E-state index in [0.29, 0.717) is 5.69 Å². The normalized spacial score (nSPS) is 10.7. The topological polar surface area (TPSA) is 76.8 Å². The average molecular weight is 361 g/mol. The second-order valence-electron chi connectivity index (χ2n) is 6.17. The van der Waals surface area contributed by atoms with E-state index in [9.17, 15) is 10.1 Å². The van der Waals surface area contributed by atoms with Crippen molar-refractivity contribution in [3.8, 4) is 11.5 Å². The van der Waals surface area contributed by atoms with E-state index < -0.39 is 4.92 Å². The Morgan fingerprint density at radius 1 is 0.963 bits per heavy atom. The van der Waals surface area contributed by atoms with Gasteiger partial charge >= 0.3 is 0 Å². The number of nitrogens with zero attached hydrogens (tertiary/aromatic N) is 2. The van der Waals surface area contributed by atoms with Gasteiger partial charge in [-0.25, -0.2) is 0 Å². The summed E-state index contributed by atoms with van der Waals surface area (Å²) >= 11 is 0. The van der Waals surface area contributed by atoms with Crippen LogP contribution in [0.1, 0.15) is 16.7 Å². The number of ether oxygens (including phenoxy) is 1. The first-order valence-electron chi connectivity index (χ1n) is 8.39. The second kappa shape index (κ2) is 8.14. The lowest BCUT2D eigenvalue weighted by molar-refractivity contribution is -0.384. The van der Waals surface area contributed by atoms with Crippen molar-refractivity contribution in [2.45, 2.75) is 13.8 Å². The van der Waals surface area contributed by atoms with Crippen LogP contribution in [0.25, 0.3) is 0 Å². The Morgan fingerprint density at radius 3 is 2.33 bits per heavy atom. The SMILES string of the molecule is Cc1cc(C)cc(Oc2ccc(C=NNc3cccc([N+](=O)[O-])c3)cc2)c1. The van der Waals surface area contributed by atoms with Gasteiger partial charge in [0.1, 0.15) is 11.5 Å². The third-order valence-electron chi connectivity index (χ3n) is 3.78. The third-order valence-corrected chi connectivity index (χ3v) is 3.78. The Kier molecular flexibility index (Phi) is 5.47. The van der Waals surface area contributed by atoms with E-state index in [1.54, 1.807) is 18.3 Å². The van der Waals surface area contributed by atoms with Crippen LogP contribution in [-0.4, -0.2) is 11.1 Å². The summed E-state index contributed by atoms with van der Waals surface area (Å²) in [5.74, 6) is 1.55. The first-order valence-corrected chi connectivity index (χ1v) is 8.39. The summed E-state index contributed by atoms with van der Waals surface area (Å²) in [5, 5.41) is 14.9. The van der Waals surface area contributed by atoms with Crippen molar-refractivity contribution < 1.29 is 9.66 Å². The maximum absolute atomic E-state index is 10.8. The summed E-state index contributed by atoms with van der Waals surface area (Å²) in [4.78, 5) is 10.3. The highest BCUT2D eigenvalue weighted by atomic mass is 16.6. The highest BCUT2D eigenvalue weighted by Gasteiger charge is 2.04. The van der Waals surface area contributed by atoms with Gasteiger partial charge in [-0.1, -0.05) is 12.1 Å². The summed E-state index contributed by atoms with van der Waals surface area (Å²) in [6, 6.07) is 19.8. The Labute approximate surface area is 157 Å². The van der Waals surface area contributed by atoms with E-state index in [0.717, 1.165) is 28.2 Å². The quantitative estimate of drug-likeness (QED) is 0.360. The largest absolute Gasteiger partial charge is 0.457 e. The van der Waals surface area contributed by atoms with Crippen molar-refractivity contribution in [1.29, 1.82) is 0 Å². The van der Waals surface area contributed by atoms with E-state index >= 15 is 0 Å². The van der Waals surface area contributed by atoms with Gasteiger partial charge in [-0.3, -0.25) is 15.5 Å². The fourth-order valence-electron chi connectivity index (χ4n) is 2.62. The molecule has 0 saturated carbocycles. The summed E-state index contributed by atoms with van der Waals surface area (Å²) in [5.41, 5.74) is 6.54. The van der Waals surface area contributed by atoms with Crippen LogP contribution in [0.2, 0.25) is 0 Å². The highest BCUT2D eigenvalue weighted by molar-refractivity contribution is 5.80. The number of hydrazone groups is 1. The van der Waals surface area contributed by atoms with Gasteiger partial charge in [0.2, 0.25) is 0 Å². The van der Waals surface area contributed by atoms with Crippen molar-refractivity contribution >= 4 is 17.6 Å². The number of nitro benzene ring substituents is 1. The minimum Gasteiger partial charge on any atom is -0.457 e. The first kappa shape index (κ1) is 18.1. The minimum absolute atomic E-state index is 0.0167. The van der Waals surface area contributed by atoms with Crippen LogP contribution in [-0.2, 0) is 0 Å². The number of anilines is 1. The molecule has 0 aliphatic carbocycles. The molecule has 3 aromatic carbocycles. The zero-order valence-electron chi connectivity index (χ0n) is 15.0. The van der Waals surface area contributed by atoms with Crippen LogP contribution in [0.4, 0.5) is 11.4 Å². The smallest absolute Gasteiger partial charge is 0.271 e. The predicted octanol–water partition coefficient (Wildman–Crippen LogP) is 5.45. The lowest BCUT2D eigenvalue weighted by Gasteiger charge is -2.08. The molecule has 0 saturated heterocycles. The molecule has 1 N–H and O–H groups in total. The molecular formula is C21H19N3O3. The number of hydrogen-bond donors (Lipinski definition) is 1. The van der Waals surface area contributed by atoms with Crippen molar-refractivity contribution in [3.63, 3.8) is 0 Å². The molecule has 6 nitrogen and oxygen atoms in total. The Bertz CT molecular complexity index is 962. The lowest BCUT2D eigenvalue weighted by Crippen LogP contribution is -1.93. The molecule has 0 spiro atoms. The van der Waals surface area contributed by atoms with Crippen LogP contribution >= 0.6 is 0 Å². The molecular weight excluding hydrogens is 342 g/mol. The molecule has 0 unspecified atom stereocenters. The molecule has 0 radical (unpaired) electrons. The number of hydrogen-bond acceptors (Lipinski definition) is 5. The van der Waals surface area contributed by atoms with E-state index in [-0.39, 0.29) is 5.69 Å². The third kappa shape index (κ3) is 5.15. The highest BCUT2D eigenvalue weighted by Crippen LogP contribution is 2.24. The molecule has 3 aromatic rings. The van der Waals surface area contributed by atoms with Crippen molar-refractivity contribution in [1.82, 2.24) is 0 Å². The Morgan fingerprint density at radius 2 is 1.67 bits per heavy atom. The van der Waals surface area contributed by atoms with Gasteiger partial charge in [-0.15, -0.1) is 0 Å². The second-order valence-corrected chi connectivity index (χ2v) is 6.17. The lowest BCUT2D eigenvalue weighted by atomic mass is 10.1. The molecule has 0 amide bonds. The summed E-state index contributed by atoms with van der Waals surface area (Å²) in [6.45, 7) is 4.07. The van der Waals surface area contributed by atoms with E-state index in [1.165, 1.54) is 12.1 Å². The van der Waals surface area contributed by atoms with E-state index in [1.807, 2.05) is 50.2 Å². The van der Waals surface area contributed by atoms with E-state index in [2.05, 4.69) is 16.6 Å². The summed E-state index contributed by atoms with van der Waals surface area (Å²) < 4.78 is 5.88.